The van der Waals surface area contributed by atoms with Gasteiger partial charge in [-0.15, -0.1) is 13.2 Å². The molecule has 1 saturated heterocycles. The number of halogens is 3. The fraction of sp³-hybridized carbons (Fsp3) is 0.636. The van der Waals surface area contributed by atoms with E-state index in [1.165, 1.54) is 6.20 Å². The number of nitrogens with one attached hydrogen (secondary N) is 2. The van der Waals surface area contributed by atoms with Gasteiger partial charge in [0, 0.05) is 48.5 Å². The summed E-state index contributed by atoms with van der Waals surface area (Å²) in [6.45, 7) is 7.63. The Bertz CT molecular complexity index is 871. The van der Waals surface area contributed by atoms with Crippen LogP contribution in [0.2, 0.25) is 0 Å². The molecular formula is C22H30F3N5O2. The molecule has 2 heterocycles. The molecule has 1 aliphatic heterocycles. The number of hydrogen-bond acceptors (Lipinski definition) is 7. The highest BCUT2D eigenvalue weighted by Gasteiger charge is 2.58. The molecule has 176 valence electrons. The Morgan fingerprint density at radius 2 is 1.97 bits per heavy atom. The van der Waals surface area contributed by atoms with Crippen LogP contribution in [-0.4, -0.2) is 60.3 Å². The van der Waals surface area contributed by atoms with Crippen molar-refractivity contribution in [1.82, 2.24) is 15.2 Å². The molecule has 2 aliphatic carbocycles. The minimum Gasteiger partial charge on any atom is -0.402 e. The summed E-state index contributed by atoms with van der Waals surface area (Å²) in [5.41, 5.74) is 6.77. The van der Waals surface area contributed by atoms with Gasteiger partial charge in [-0.1, -0.05) is 0 Å². The zero-order chi connectivity index (χ0) is 23.0. The Morgan fingerprint density at radius 1 is 1.31 bits per heavy atom. The third kappa shape index (κ3) is 5.17. The van der Waals surface area contributed by atoms with Gasteiger partial charge in [0.05, 0.1) is 18.9 Å². The summed E-state index contributed by atoms with van der Waals surface area (Å²) in [5, 5.41) is 11.9. The van der Waals surface area contributed by atoms with E-state index >= 15 is 0 Å². The van der Waals surface area contributed by atoms with Crippen LogP contribution in [0.5, 0.6) is 5.75 Å². The number of rotatable bonds is 7. The molecule has 4 atom stereocenters. The van der Waals surface area contributed by atoms with Crippen LogP contribution in [0.25, 0.3) is 0 Å². The molecule has 32 heavy (non-hydrogen) atoms. The summed E-state index contributed by atoms with van der Waals surface area (Å²) in [7, 11) is 0. The average molecular weight is 454 g/mol. The van der Waals surface area contributed by atoms with Crippen molar-refractivity contribution < 1.29 is 22.6 Å². The van der Waals surface area contributed by atoms with Crippen molar-refractivity contribution >= 4 is 11.5 Å². The number of nitrogen functional groups attached to an aromatic ring is 1. The Kier molecular flexibility index (Phi) is 6.35. The number of pyridine rings is 1. The number of hydrogen-bond donors (Lipinski definition) is 3. The lowest BCUT2D eigenvalue weighted by Crippen LogP contribution is -2.43. The van der Waals surface area contributed by atoms with Crippen LogP contribution in [0.3, 0.4) is 0 Å². The molecule has 3 aliphatic rings. The normalized spacial score (nSPS) is 28.5. The highest BCUT2D eigenvalue weighted by Crippen LogP contribution is 2.61. The van der Waals surface area contributed by atoms with Gasteiger partial charge in [-0.3, -0.25) is 4.90 Å². The van der Waals surface area contributed by atoms with Gasteiger partial charge in [-0.2, -0.15) is 0 Å². The van der Waals surface area contributed by atoms with Crippen LogP contribution in [0, 0.1) is 23.2 Å². The van der Waals surface area contributed by atoms with Crippen LogP contribution in [0.1, 0.15) is 32.3 Å². The SMILES string of the molecule is CC(C)N/C(=C\C(=N)c1cnc(N)c(OC(F)(F)F)c1)[C@H]1[C@@H]2C[C@@H](N3CCOCC3)C[C@@H]21. The summed E-state index contributed by atoms with van der Waals surface area (Å²) >= 11 is 0. The predicted molar refractivity (Wildman–Crippen MR) is 114 cm³/mol. The van der Waals surface area contributed by atoms with Gasteiger partial charge in [0.15, 0.2) is 11.6 Å². The number of nitrogens with two attached hydrogens (primary N) is 1. The Hall–Kier alpha value is -2.33. The van der Waals surface area contributed by atoms with Gasteiger partial charge in [0.25, 0.3) is 0 Å². The molecule has 4 N–H and O–H groups in total. The first-order chi connectivity index (χ1) is 15.1. The molecular weight excluding hydrogens is 423 g/mol. The fourth-order valence-electron chi connectivity index (χ4n) is 5.13. The largest absolute Gasteiger partial charge is 0.573 e. The van der Waals surface area contributed by atoms with Gasteiger partial charge in [0.1, 0.15) is 0 Å². The van der Waals surface area contributed by atoms with Crippen molar-refractivity contribution in [2.75, 3.05) is 32.0 Å². The number of fused-ring (bicyclic) bond motifs is 1. The van der Waals surface area contributed by atoms with Crippen LogP contribution < -0.4 is 15.8 Å². The number of morpholine rings is 1. The summed E-state index contributed by atoms with van der Waals surface area (Å²) in [6, 6.07) is 1.89. The highest BCUT2D eigenvalue weighted by molar-refractivity contribution is 6.07. The highest BCUT2D eigenvalue weighted by atomic mass is 19.4. The van der Waals surface area contributed by atoms with Crippen molar-refractivity contribution in [3.05, 3.63) is 29.6 Å². The lowest BCUT2D eigenvalue weighted by molar-refractivity contribution is -0.274. The lowest BCUT2D eigenvalue weighted by Gasteiger charge is -2.33. The first-order valence-corrected chi connectivity index (χ1v) is 11.0. The van der Waals surface area contributed by atoms with Crippen molar-refractivity contribution in [2.45, 2.75) is 45.1 Å². The van der Waals surface area contributed by atoms with Crippen LogP contribution in [0.15, 0.2) is 24.0 Å². The van der Waals surface area contributed by atoms with Crippen molar-refractivity contribution in [2.24, 2.45) is 17.8 Å². The van der Waals surface area contributed by atoms with Crippen LogP contribution >= 0.6 is 0 Å². The van der Waals surface area contributed by atoms with E-state index in [2.05, 4.69) is 19.9 Å². The van der Waals surface area contributed by atoms with Gasteiger partial charge in [-0.25, -0.2) is 4.98 Å². The zero-order valence-corrected chi connectivity index (χ0v) is 18.3. The molecule has 4 rings (SSSR count). The van der Waals surface area contributed by atoms with E-state index in [9.17, 15) is 13.2 Å². The number of anilines is 1. The minimum absolute atomic E-state index is 0.0716. The fourth-order valence-corrected chi connectivity index (χ4v) is 5.13. The first kappa shape index (κ1) is 22.8. The van der Waals surface area contributed by atoms with E-state index in [1.807, 2.05) is 13.8 Å². The molecule has 1 aromatic heterocycles. The molecule has 0 unspecified atom stereocenters. The maximum Gasteiger partial charge on any atom is 0.573 e. The number of allylic oxidation sites excluding steroid dienone is 2. The quantitative estimate of drug-likeness (QED) is 0.549. The van der Waals surface area contributed by atoms with Crippen LogP contribution in [0.4, 0.5) is 19.0 Å². The van der Waals surface area contributed by atoms with E-state index in [1.54, 1.807) is 6.08 Å². The molecule has 0 amide bonds. The van der Waals surface area contributed by atoms with E-state index in [0.717, 1.165) is 50.9 Å². The standard InChI is InChI=1S/C22H30F3N5O2/c1-12(2)29-18(20-15-8-14(9-16(15)20)30-3-5-31-6-4-30)10-17(26)13-7-19(21(27)28-11-13)32-22(23,24)25/h7,10-12,14-16,20,26,29H,3-6,8-9H2,1-2H3,(H2,27,28)/b18-10-,26-17?/t14-,15-,16+,20+. The van der Waals surface area contributed by atoms with Crippen molar-refractivity contribution in [3.8, 4) is 5.75 Å². The predicted octanol–water partition coefficient (Wildman–Crippen LogP) is 3.17. The Balaban J connectivity index is 1.47. The number of aromatic nitrogens is 1. The van der Waals surface area contributed by atoms with E-state index in [0.29, 0.717) is 23.8 Å². The molecule has 3 fully saturated rings. The Morgan fingerprint density at radius 3 is 2.56 bits per heavy atom. The summed E-state index contributed by atoms with van der Waals surface area (Å²) in [5.74, 6) is 0.531. The second-order valence-electron chi connectivity index (χ2n) is 9.09. The van der Waals surface area contributed by atoms with E-state index < -0.39 is 12.1 Å². The smallest absolute Gasteiger partial charge is 0.402 e. The Labute approximate surface area is 185 Å². The topological polar surface area (TPSA) is 96.5 Å². The number of alkyl halides is 3. The second kappa shape index (κ2) is 8.90. The molecule has 2 saturated carbocycles. The second-order valence-corrected chi connectivity index (χ2v) is 9.09. The third-order valence-corrected chi connectivity index (χ3v) is 6.51. The van der Waals surface area contributed by atoms with Crippen molar-refractivity contribution in [1.29, 1.82) is 5.41 Å². The molecule has 0 aromatic carbocycles. The zero-order valence-electron chi connectivity index (χ0n) is 18.3. The maximum atomic E-state index is 12.6. The van der Waals surface area contributed by atoms with Crippen molar-refractivity contribution in [3.63, 3.8) is 0 Å². The molecule has 1 aromatic rings. The van der Waals surface area contributed by atoms with Gasteiger partial charge >= 0.3 is 6.36 Å². The van der Waals surface area contributed by atoms with E-state index in [-0.39, 0.29) is 23.1 Å². The molecule has 0 bridgehead atoms. The van der Waals surface area contributed by atoms with Gasteiger partial charge < -0.3 is 25.9 Å². The molecule has 7 nitrogen and oxygen atoms in total. The number of ether oxygens (including phenoxy) is 2. The van der Waals surface area contributed by atoms with E-state index in [4.69, 9.17) is 15.9 Å². The summed E-state index contributed by atoms with van der Waals surface area (Å²) in [4.78, 5) is 6.30. The average Bonchev–Trinajstić information content (AvgIpc) is 3.21. The first-order valence-electron chi connectivity index (χ1n) is 11.0. The lowest BCUT2D eigenvalue weighted by atomic mass is 10.0. The summed E-state index contributed by atoms with van der Waals surface area (Å²) < 4.78 is 47.3. The monoisotopic (exact) mass is 453 g/mol. The maximum absolute atomic E-state index is 12.6. The van der Waals surface area contributed by atoms with Crippen LogP contribution in [-0.2, 0) is 4.74 Å². The number of nitrogens with zero attached hydrogens (tertiary/aromatic N) is 2. The molecule has 0 spiro atoms. The van der Waals surface area contributed by atoms with Gasteiger partial charge in [0.2, 0.25) is 0 Å². The minimum atomic E-state index is -4.88. The molecule has 0 radical (unpaired) electrons. The summed E-state index contributed by atoms with van der Waals surface area (Å²) in [6.07, 6.45) is 0.405. The third-order valence-electron chi connectivity index (χ3n) is 6.51. The molecule has 10 heteroatoms. The van der Waals surface area contributed by atoms with Gasteiger partial charge in [-0.05, 0) is 50.7 Å².